The molecule has 0 fully saturated rings. The zero-order valence-electron chi connectivity index (χ0n) is 19.3. The highest BCUT2D eigenvalue weighted by Gasteiger charge is 2.41. The van der Waals surface area contributed by atoms with Gasteiger partial charge in [0.1, 0.15) is 5.82 Å². The first-order chi connectivity index (χ1) is 16.4. The summed E-state index contributed by atoms with van der Waals surface area (Å²) in [6, 6.07) is 23.2. The summed E-state index contributed by atoms with van der Waals surface area (Å²) in [4.78, 5) is 29.1. The molecular formula is C29H27FN2O2. The molecule has 0 unspecified atom stereocenters. The molecule has 1 heterocycles. The minimum atomic E-state index is -0.633. The third-order valence-electron chi connectivity index (χ3n) is 6.68. The first kappa shape index (κ1) is 22.1. The quantitative estimate of drug-likeness (QED) is 0.499. The topological polar surface area (TPSA) is 49.4 Å². The van der Waals surface area contributed by atoms with Crippen LogP contribution in [-0.4, -0.2) is 11.7 Å². The van der Waals surface area contributed by atoms with Gasteiger partial charge in [-0.15, -0.1) is 0 Å². The molecule has 172 valence electrons. The van der Waals surface area contributed by atoms with Crippen molar-refractivity contribution in [3.8, 4) is 0 Å². The molecular weight excluding hydrogens is 427 g/mol. The Hall–Kier alpha value is -3.73. The molecule has 2 aliphatic rings. The highest BCUT2D eigenvalue weighted by atomic mass is 19.1. The lowest BCUT2D eigenvalue weighted by molar-refractivity contribution is -0.121. The number of carbonyl (C=O) groups excluding carboxylic acids is 2. The van der Waals surface area contributed by atoms with Crippen molar-refractivity contribution in [1.29, 1.82) is 0 Å². The van der Waals surface area contributed by atoms with Gasteiger partial charge in [-0.05, 0) is 47.7 Å². The number of ketones is 1. The van der Waals surface area contributed by atoms with Gasteiger partial charge in [0.05, 0.1) is 17.4 Å². The van der Waals surface area contributed by atoms with Crippen LogP contribution in [0.5, 0.6) is 0 Å². The number of hydrogen-bond acceptors (Lipinski definition) is 3. The molecule has 0 spiro atoms. The van der Waals surface area contributed by atoms with Crippen LogP contribution in [0.2, 0.25) is 0 Å². The number of carbonyl (C=O) groups is 2. The largest absolute Gasteiger partial charge is 0.357 e. The number of halogens is 1. The molecule has 0 aromatic heterocycles. The van der Waals surface area contributed by atoms with Gasteiger partial charge in [0.15, 0.2) is 5.78 Å². The van der Waals surface area contributed by atoms with Crippen LogP contribution in [-0.2, 0) is 9.59 Å². The highest BCUT2D eigenvalue weighted by Crippen LogP contribution is 2.47. The van der Waals surface area contributed by atoms with E-state index in [1.54, 1.807) is 17.0 Å². The fourth-order valence-corrected chi connectivity index (χ4v) is 5.03. The Morgan fingerprint density at radius 3 is 2.29 bits per heavy atom. The molecule has 2 atom stereocenters. The van der Waals surface area contributed by atoms with Gasteiger partial charge >= 0.3 is 0 Å². The Bertz CT molecular complexity index is 1260. The van der Waals surface area contributed by atoms with E-state index in [0.29, 0.717) is 29.7 Å². The number of benzene rings is 3. The Kier molecular flexibility index (Phi) is 5.78. The summed E-state index contributed by atoms with van der Waals surface area (Å²) >= 11 is 0. The lowest BCUT2D eigenvalue weighted by Crippen LogP contribution is -2.40. The molecule has 1 aliphatic carbocycles. The van der Waals surface area contributed by atoms with Crippen molar-refractivity contribution < 1.29 is 14.0 Å². The van der Waals surface area contributed by atoms with E-state index in [-0.39, 0.29) is 29.3 Å². The normalized spacial score (nSPS) is 19.9. The summed E-state index contributed by atoms with van der Waals surface area (Å²) in [7, 11) is 0. The van der Waals surface area contributed by atoms with Gasteiger partial charge in [-0.2, -0.15) is 0 Å². The molecule has 34 heavy (non-hydrogen) atoms. The standard InChI is InChI=1S/C29H27FN2O2/c1-18(2)29(34)32-25-11-7-6-10-23(25)31-24-16-21(19-8-4-3-5-9-19)17-26(33)27(24)28(32)20-12-14-22(30)15-13-20/h3-15,18,21,28,31H,16-17H2,1-2H3/t21-,28+/m0/s1. The predicted octanol–water partition coefficient (Wildman–Crippen LogP) is 6.38. The fraction of sp³-hybridized carbons (Fsp3) is 0.241. The minimum Gasteiger partial charge on any atom is -0.357 e. The third kappa shape index (κ3) is 3.92. The number of para-hydroxylation sites is 2. The minimum absolute atomic E-state index is 0.00582. The van der Waals surface area contributed by atoms with Crippen LogP contribution < -0.4 is 10.2 Å². The van der Waals surface area contributed by atoms with E-state index in [0.717, 1.165) is 16.9 Å². The van der Waals surface area contributed by atoms with Gasteiger partial charge in [-0.3, -0.25) is 14.5 Å². The maximum absolute atomic E-state index is 13.8. The second-order valence-electron chi connectivity index (χ2n) is 9.29. The number of nitrogens with zero attached hydrogens (tertiary/aromatic N) is 1. The van der Waals surface area contributed by atoms with Crippen LogP contribution in [0.25, 0.3) is 0 Å². The molecule has 1 amide bonds. The second-order valence-corrected chi connectivity index (χ2v) is 9.29. The number of rotatable bonds is 3. The summed E-state index contributed by atoms with van der Waals surface area (Å²) in [5, 5.41) is 3.52. The monoisotopic (exact) mass is 454 g/mol. The number of hydrogen-bond donors (Lipinski definition) is 1. The smallest absolute Gasteiger partial charge is 0.230 e. The van der Waals surface area contributed by atoms with Crippen molar-refractivity contribution >= 4 is 23.1 Å². The average molecular weight is 455 g/mol. The molecule has 0 saturated heterocycles. The average Bonchev–Trinajstić information content (AvgIpc) is 2.99. The summed E-state index contributed by atoms with van der Waals surface area (Å²) in [6.45, 7) is 3.71. The van der Waals surface area contributed by atoms with Crippen molar-refractivity contribution in [2.45, 2.75) is 38.6 Å². The van der Waals surface area contributed by atoms with Gasteiger partial charge in [0, 0.05) is 23.6 Å². The molecule has 3 aromatic carbocycles. The number of fused-ring (bicyclic) bond motifs is 1. The van der Waals surface area contributed by atoms with Crippen molar-refractivity contribution in [2.24, 2.45) is 5.92 Å². The van der Waals surface area contributed by atoms with Gasteiger partial charge in [0.25, 0.3) is 0 Å². The molecule has 5 heteroatoms. The molecule has 4 nitrogen and oxygen atoms in total. The zero-order valence-corrected chi connectivity index (χ0v) is 19.3. The first-order valence-corrected chi connectivity index (χ1v) is 11.7. The van der Waals surface area contributed by atoms with Crippen LogP contribution in [0.1, 0.15) is 49.8 Å². The van der Waals surface area contributed by atoms with E-state index in [4.69, 9.17) is 0 Å². The molecule has 0 radical (unpaired) electrons. The van der Waals surface area contributed by atoms with Crippen LogP contribution in [0.15, 0.2) is 90.1 Å². The summed E-state index contributed by atoms with van der Waals surface area (Å²) in [6.07, 6.45) is 1.02. The maximum Gasteiger partial charge on any atom is 0.230 e. The Morgan fingerprint density at radius 2 is 1.59 bits per heavy atom. The van der Waals surface area contributed by atoms with E-state index in [9.17, 15) is 14.0 Å². The highest BCUT2D eigenvalue weighted by molar-refractivity contribution is 6.06. The van der Waals surface area contributed by atoms with E-state index in [2.05, 4.69) is 17.4 Å². The third-order valence-corrected chi connectivity index (χ3v) is 6.68. The lowest BCUT2D eigenvalue weighted by Gasteiger charge is -2.36. The van der Waals surface area contributed by atoms with Gasteiger partial charge in [0.2, 0.25) is 5.91 Å². The molecule has 1 aliphatic heterocycles. The van der Waals surface area contributed by atoms with Crippen LogP contribution >= 0.6 is 0 Å². The first-order valence-electron chi connectivity index (χ1n) is 11.7. The number of amides is 1. The molecule has 1 N–H and O–H groups in total. The lowest BCUT2D eigenvalue weighted by atomic mass is 9.78. The van der Waals surface area contributed by atoms with E-state index >= 15 is 0 Å². The van der Waals surface area contributed by atoms with Crippen LogP contribution in [0, 0.1) is 11.7 Å². The zero-order chi connectivity index (χ0) is 23.8. The Balaban J connectivity index is 1.72. The Labute approximate surface area is 199 Å². The summed E-state index contributed by atoms with van der Waals surface area (Å²) in [5.41, 5.74) is 4.75. The van der Waals surface area contributed by atoms with Crippen LogP contribution in [0.4, 0.5) is 15.8 Å². The predicted molar refractivity (Wildman–Crippen MR) is 132 cm³/mol. The molecule has 0 saturated carbocycles. The van der Waals surface area contributed by atoms with Crippen LogP contribution in [0.3, 0.4) is 0 Å². The second kappa shape index (κ2) is 8.90. The summed E-state index contributed by atoms with van der Waals surface area (Å²) in [5.74, 6) is -0.671. The van der Waals surface area contributed by atoms with Crippen molar-refractivity contribution in [1.82, 2.24) is 0 Å². The van der Waals surface area contributed by atoms with E-state index < -0.39 is 6.04 Å². The number of anilines is 2. The van der Waals surface area contributed by atoms with Crippen molar-refractivity contribution in [2.75, 3.05) is 10.2 Å². The Morgan fingerprint density at radius 1 is 0.912 bits per heavy atom. The molecule has 5 rings (SSSR count). The number of Topliss-reactive ketones (excluding diaryl/α,β-unsaturated/α-hetero) is 1. The van der Waals surface area contributed by atoms with E-state index in [1.807, 2.05) is 56.3 Å². The van der Waals surface area contributed by atoms with E-state index in [1.165, 1.54) is 12.1 Å². The number of nitrogens with one attached hydrogen (secondary N) is 1. The molecule has 3 aromatic rings. The SMILES string of the molecule is CC(C)C(=O)N1c2ccccc2NC2=C(C(=O)C[C@@H](c3ccccc3)C2)[C@H]1c1ccc(F)cc1. The van der Waals surface area contributed by atoms with Gasteiger partial charge < -0.3 is 5.32 Å². The summed E-state index contributed by atoms with van der Waals surface area (Å²) < 4.78 is 13.8. The maximum atomic E-state index is 13.8. The van der Waals surface area contributed by atoms with Crippen molar-refractivity contribution in [3.05, 3.63) is 107 Å². The fourth-order valence-electron chi connectivity index (χ4n) is 5.03. The van der Waals surface area contributed by atoms with Gasteiger partial charge in [-0.25, -0.2) is 4.39 Å². The number of allylic oxidation sites excluding steroid dienone is 1. The van der Waals surface area contributed by atoms with Crippen molar-refractivity contribution in [3.63, 3.8) is 0 Å². The van der Waals surface area contributed by atoms with Gasteiger partial charge in [-0.1, -0.05) is 68.4 Å². The molecule has 0 bridgehead atoms.